The Hall–Kier alpha value is -2.07. The monoisotopic (exact) mass is 375 g/mol. The number of nitrogens with one attached hydrogen (secondary N) is 1. The molecular weight excluding hydrogens is 363 g/mol. The van der Waals surface area contributed by atoms with E-state index >= 15 is 0 Å². The molecule has 0 unspecified atom stereocenters. The molecule has 0 aliphatic rings. The molecule has 2 rings (SSSR count). The molecule has 5 nitrogen and oxygen atoms in total. The van der Waals surface area contributed by atoms with Gasteiger partial charge in [0.05, 0.1) is 5.56 Å². The van der Waals surface area contributed by atoms with E-state index in [2.05, 4.69) is 22.1 Å². The minimum Gasteiger partial charge on any atom is -0.484 e. The summed E-state index contributed by atoms with van der Waals surface area (Å²) >= 11 is 2.61. The molecule has 0 bridgehead atoms. The number of hydrogen-bond donors (Lipinski definition) is 1. The smallest absolute Gasteiger partial charge is 0.416 e. The Bertz CT molecular complexity index is 719. The first-order valence-electron chi connectivity index (χ1n) is 6.55. The Labute approximate surface area is 143 Å². The lowest BCUT2D eigenvalue weighted by Gasteiger charge is -2.09. The van der Waals surface area contributed by atoms with E-state index in [1.165, 1.54) is 35.2 Å². The van der Waals surface area contributed by atoms with E-state index in [0.29, 0.717) is 15.2 Å². The SMILES string of the molecule is C=CCSc1nnc(NC(=O)COc2cccc(C(F)(F)F)c2)s1. The molecule has 0 atom stereocenters. The number of alkyl halides is 3. The average Bonchev–Trinajstić information content (AvgIpc) is 2.98. The topological polar surface area (TPSA) is 64.1 Å². The third-order valence-electron chi connectivity index (χ3n) is 2.51. The lowest BCUT2D eigenvalue weighted by atomic mass is 10.2. The van der Waals surface area contributed by atoms with Gasteiger partial charge >= 0.3 is 6.18 Å². The molecule has 10 heteroatoms. The van der Waals surface area contributed by atoms with E-state index in [1.54, 1.807) is 6.08 Å². The molecule has 1 heterocycles. The number of aromatic nitrogens is 2. The van der Waals surface area contributed by atoms with E-state index < -0.39 is 24.3 Å². The number of benzene rings is 1. The molecular formula is C14H12F3N3O2S2. The van der Waals surface area contributed by atoms with Crippen molar-refractivity contribution in [3.63, 3.8) is 0 Å². The number of amides is 1. The van der Waals surface area contributed by atoms with Crippen LogP contribution in [0.1, 0.15) is 5.56 Å². The summed E-state index contributed by atoms with van der Waals surface area (Å²) in [7, 11) is 0. The van der Waals surface area contributed by atoms with Gasteiger partial charge in [0, 0.05) is 5.75 Å². The number of hydrogen-bond acceptors (Lipinski definition) is 6. The standard InChI is InChI=1S/C14H12F3N3O2S2/c1-2-6-23-13-20-19-12(24-13)18-11(21)8-22-10-5-3-4-9(7-10)14(15,16)17/h2-5,7H,1,6,8H2,(H,18,19,21). The Kier molecular flexibility index (Phi) is 6.21. The summed E-state index contributed by atoms with van der Waals surface area (Å²) < 4.78 is 43.5. The van der Waals surface area contributed by atoms with Gasteiger partial charge in [-0.25, -0.2) is 0 Å². The Morgan fingerprint density at radius 2 is 2.21 bits per heavy atom. The van der Waals surface area contributed by atoms with Crippen molar-refractivity contribution in [2.24, 2.45) is 0 Å². The van der Waals surface area contributed by atoms with Crippen molar-refractivity contribution in [1.29, 1.82) is 0 Å². The zero-order valence-corrected chi connectivity index (χ0v) is 13.8. The first-order chi connectivity index (χ1) is 11.4. The number of thioether (sulfide) groups is 1. The molecule has 0 aliphatic heterocycles. The third-order valence-corrected chi connectivity index (χ3v) is 4.48. The van der Waals surface area contributed by atoms with Crippen molar-refractivity contribution in [3.05, 3.63) is 42.5 Å². The Balaban J connectivity index is 1.87. The summed E-state index contributed by atoms with van der Waals surface area (Å²) in [5, 5.41) is 10.4. The van der Waals surface area contributed by atoms with E-state index in [-0.39, 0.29) is 5.75 Å². The van der Waals surface area contributed by atoms with Crippen LogP contribution in [-0.2, 0) is 11.0 Å². The van der Waals surface area contributed by atoms with E-state index in [0.717, 1.165) is 12.1 Å². The molecule has 0 spiro atoms. The fraction of sp³-hybridized carbons (Fsp3) is 0.214. The maximum absolute atomic E-state index is 12.6. The predicted molar refractivity (Wildman–Crippen MR) is 86.4 cm³/mol. The zero-order valence-electron chi connectivity index (χ0n) is 12.2. The van der Waals surface area contributed by atoms with Crippen LogP contribution in [0.5, 0.6) is 5.75 Å². The van der Waals surface area contributed by atoms with Gasteiger partial charge in [-0.3, -0.25) is 10.1 Å². The summed E-state index contributed by atoms with van der Waals surface area (Å²) in [6, 6.07) is 4.32. The van der Waals surface area contributed by atoms with Crippen LogP contribution in [0, 0.1) is 0 Å². The maximum Gasteiger partial charge on any atom is 0.416 e. The van der Waals surface area contributed by atoms with Crippen LogP contribution >= 0.6 is 23.1 Å². The van der Waals surface area contributed by atoms with Crippen molar-refractivity contribution in [3.8, 4) is 5.75 Å². The quantitative estimate of drug-likeness (QED) is 0.452. The lowest BCUT2D eigenvalue weighted by molar-refractivity contribution is -0.137. The molecule has 0 saturated heterocycles. The minimum atomic E-state index is -4.46. The minimum absolute atomic E-state index is 0.0422. The van der Waals surface area contributed by atoms with Crippen LogP contribution in [0.3, 0.4) is 0 Å². The van der Waals surface area contributed by atoms with Crippen LogP contribution in [0.15, 0.2) is 41.3 Å². The molecule has 1 aromatic carbocycles. The molecule has 1 amide bonds. The highest BCUT2D eigenvalue weighted by atomic mass is 32.2. The molecule has 1 N–H and O–H groups in total. The third kappa shape index (κ3) is 5.53. The second-order valence-corrected chi connectivity index (χ2v) is 6.58. The second-order valence-electron chi connectivity index (χ2n) is 4.34. The van der Waals surface area contributed by atoms with Gasteiger partial charge in [-0.2, -0.15) is 13.2 Å². The number of anilines is 1. The number of nitrogens with zero attached hydrogens (tertiary/aromatic N) is 2. The molecule has 0 fully saturated rings. The summed E-state index contributed by atoms with van der Waals surface area (Å²) in [6.45, 7) is 3.15. The lowest BCUT2D eigenvalue weighted by Crippen LogP contribution is -2.20. The highest BCUT2D eigenvalue weighted by molar-refractivity contribution is 8.01. The van der Waals surface area contributed by atoms with Crippen molar-refractivity contribution in [2.45, 2.75) is 10.5 Å². The summed E-state index contributed by atoms with van der Waals surface area (Å²) in [5.74, 6) is 0.0876. The molecule has 0 aliphatic carbocycles. The van der Waals surface area contributed by atoms with Crippen LogP contribution < -0.4 is 10.1 Å². The fourth-order valence-electron chi connectivity index (χ4n) is 1.52. The summed E-state index contributed by atoms with van der Waals surface area (Å²) in [6.07, 6.45) is -2.75. The maximum atomic E-state index is 12.6. The average molecular weight is 375 g/mol. The molecule has 128 valence electrons. The van der Waals surface area contributed by atoms with Gasteiger partial charge in [0.1, 0.15) is 5.75 Å². The number of carbonyl (C=O) groups is 1. The largest absolute Gasteiger partial charge is 0.484 e. The number of rotatable bonds is 7. The van der Waals surface area contributed by atoms with Crippen molar-refractivity contribution < 1.29 is 22.7 Å². The van der Waals surface area contributed by atoms with Crippen LogP contribution in [0.2, 0.25) is 0 Å². The van der Waals surface area contributed by atoms with Crippen molar-refractivity contribution in [1.82, 2.24) is 10.2 Å². The van der Waals surface area contributed by atoms with Crippen molar-refractivity contribution >= 4 is 34.1 Å². The number of carbonyl (C=O) groups excluding carboxylic acids is 1. The first-order valence-corrected chi connectivity index (χ1v) is 8.36. The molecule has 0 saturated carbocycles. The first kappa shape index (κ1) is 18.3. The molecule has 0 radical (unpaired) electrons. The van der Waals surface area contributed by atoms with Gasteiger partial charge in [0.2, 0.25) is 5.13 Å². The van der Waals surface area contributed by atoms with Gasteiger partial charge in [-0.1, -0.05) is 35.2 Å². The Morgan fingerprint density at radius 3 is 2.92 bits per heavy atom. The van der Waals surface area contributed by atoms with Crippen LogP contribution in [0.25, 0.3) is 0 Å². The predicted octanol–water partition coefficient (Wildman–Crippen LogP) is 3.85. The molecule has 24 heavy (non-hydrogen) atoms. The van der Waals surface area contributed by atoms with E-state index in [9.17, 15) is 18.0 Å². The zero-order chi connectivity index (χ0) is 17.6. The van der Waals surface area contributed by atoms with E-state index in [1.807, 2.05) is 0 Å². The number of ether oxygens (including phenoxy) is 1. The molecule has 1 aromatic heterocycles. The van der Waals surface area contributed by atoms with Gasteiger partial charge in [-0.15, -0.1) is 16.8 Å². The summed E-state index contributed by atoms with van der Waals surface area (Å²) in [5.41, 5.74) is -0.839. The highest BCUT2D eigenvalue weighted by Crippen LogP contribution is 2.31. The van der Waals surface area contributed by atoms with Gasteiger partial charge in [0.15, 0.2) is 10.9 Å². The Morgan fingerprint density at radius 1 is 1.42 bits per heavy atom. The normalized spacial score (nSPS) is 11.1. The fourth-order valence-corrected chi connectivity index (χ4v) is 3.04. The van der Waals surface area contributed by atoms with Crippen molar-refractivity contribution in [2.75, 3.05) is 17.7 Å². The highest BCUT2D eigenvalue weighted by Gasteiger charge is 2.30. The number of halogens is 3. The van der Waals surface area contributed by atoms with Crippen LogP contribution in [-0.4, -0.2) is 28.5 Å². The second kappa shape index (κ2) is 8.15. The van der Waals surface area contributed by atoms with Gasteiger partial charge in [0.25, 0.3) is 5.91 Å². The summed E-state index contributed by atoms with van der Waals surface area (Å²) in [4.78, 5) is 11.7. The van der Waals surface area contributed by atoms with Crippen LogP contribution in [0.4, 0.5) is 18.3 Å². The molecule has 2 aromatic rings. The van der Waals surface area contributed by atoms with E-state index in [4.69, 9.17) is 4.74 Å². The van der Waals surface area contributed by atoms with Gasteiger partial charge < -0.3 is 4.74 Å². The van der Waals surface area contributed by atoms with Gasteiger partial charge in [-0.05, 0) is 18.2 Å².